The molecule has 2 nitrogen and oxygen atoms in total. The molecule has 0 radical (unpaired) electrons. The molecule has 2 aliphatic rings. The van der Waals surface area contributed by atoms with Crippen molar-refractivity contribution in [2.75, 3.05) is 7.18 Å². The summed E-state index contributed by atoms with van der Waals surface area (Å²) in [6.45, 7) is 3.89. The van der Waals surface area contributed by atoms with Crippen LogP contribution in [0.5, 0.6) is 5.75 Å². The SMILES string of the molecule is CC1(C)C[C@H](O)c2c(cc(C3CCCC3)c(Cc3ccc(C(F)(F)F)cc3)c2-c2ccc(F)cc2)O1.CF. The number of rotatable bonds is 4. The van der Waals surface area contributed by atoms with E-state index in [4.69, 9.17) is 4.74 Å². The first-order chi connectivity index (χ1) is 18.0. The topological polar surface area (TPSA) is 29.5 Å². The van der Waals surface area contributed by atoms with Gasteiger partial charge in [-0.15, -0.1) is 0 Å². The van der Waals surface area contributed by atoms with E-state index in [1.54, 1.807) is 12.1 Å². The summed E-state index contributed by atoms with van der Waals surface area (Å²) in [5.74, 6) is 0.572. The Labute approximate surface area is 220 Å². The maximum atomic E-state index is 13.9. The van der Waals surface area contributed by atoms with Crippen LogP contribution in [0.15, 0.2) is 54.6 Å². The second-order valence-electron chi connectivity index (χ2n) is 10.7. The molecule has 1 aliphatic carbocycles. The van der Waals surface area contributed by atoms with E-state index in [-0.39, 0.29) is 5.82 Å². The van der Waals surface area contributed by atoms with Crippen LogP contribution >= 0.6 is 0 Å². The molecule has 0 spiro atoms. The Morgan fingerprint density at radius 2 is 1.55 bits per heavy atom. The van der Waals surface area contributed by atoms with Gasteiger partial charge in [0.1, 0.15) is 17.2 Å². The monoisotopic (exact) mass is 532 g/mol. The summed E-state index contributed by atoms with van der Waals surface area (Å²) in [7, 11) is 0.500. The number of benzene rings is 3. The highest BCUT2D eigenvalue weighted by atomic mass is 19.4. The molecule has 1 N–H and O–H groups in total. The van der Waals surface area contributed by atoms with Crippen molar-refractivity contribution in [2.45, 2.75) is 76.2 Å². The lowest BCUT2D eigenvalue weighted by Crippen LogP contribution is -2.35. The summed E-state index contributed by atoms with van der Waals surface area (Å²) in [6.07, 6.45) is -0.108. The number of hydrogen-bond donors (Lipinski definition) is 1. The third-order valence-electron chi connectivity index (χ3n) is 7.47. The lowest BCUT2D eigenvalue weighted by atomic mass is 9.78. The van der Waals surface area contributed by atoms with Crippen LogP contribution in [0, 0.1) is 5.82 Å². The molecule has 0 bridgehead atoms. The molecule has 0 unspecified atom stereocenters. The fourth-order valence-electron chi connectivity index (χ4n) is 5.81. The Kier molecular flexibility index (Phi) is 8.17. The van der Waals surface area contributed by atoms with Gasteiger partial charge in [0.05, 0.1) is 18.8 Å². The molecule has 1 aliphatic heterocycles. The third kappa shape index (κ3) is 5.88. The Morgan fingerprint density at radius 1 is 0.947 bits per heavy atom. The molecule has 3 aromatic carbocycles. The fourth-order valence-corrected chi connectivity index (χ4v) is 5.81. The van der Waals surface area contributed by atoms with Crippen molar-refractivity contribution < 1.29 is 31.8 Å². The summed E-state index contributed by atoms with van der Waals surface area (Å²) in [5, 5.41) is 11.3. The fraction of sp³-hybridized carbons (Fsp3) is 0.419. The second-order valence-corrected chi connectivity index (χ2v) is 10.7. The average molecular weight is 533 g/mol. The minimum atomic E-state index is -4.40. The van der Waals surface area contributed by atoms with Gasteiger partial charge in [0.25, 0.3) is 0 Å². The van der Waals surface area contributed by atoms with E-state index >= 15 is 0 Å². The minimum Gasteiger partial charge on any atom is -0.487 e. The zero-order valence-electron chi connectivity index (χ0n) is 21.8. The summed E-state index contributed by atoms with van der Waals surface area (Å²) in [5.41, 5.74) is 3.83. The molecule has 1 saturated carbocycles. The van der Waals surface area contributed by atoms with Crippen molar-refractivity contribution in [1.82, 2.24) is 0 Å². The second kappa shape index (κ2) is 11.0. The lowest BCUT2D eigenvalue weighted by molar-refractivity contribution is -0.137. The molecular formula is C31H33F5O2. The van der Waals surface area contributed by atoms with Crippen molar-refractivity contribution in [2.24, 2.45) is 0 Å². The van der Waals surface area contributed by atoms with Gasteiger partial charge in [-0.3, -0.25) is 4.39 Å². The highest BCUT2D eigenvalue weighted by Crippen LogP contribution is 2.50. The standard InChI is InChI=1S/C30H30F4O2.CH3F/c1-29(2)17-25(35)28-26(36-29)16-23(19-5-3-4-6-19)24(27(28)20-9-13-22(31)14-10-20)15-18-7-11-21(12-8-18)30(32,33)34;1-2/h7-14,16,19,25,35H,3-6,15,17H2,1-2H3;1H3/t25-;/m0./s1. The van der Waals surface area contributed by atoms with Gasteiger partial charge >= 0.3 is 6.18 Å². The van der Waals surface area contributed by atoms with Crippen LogP contribution in [-0.2, 0) is 12.6 Å². The van der Waals surface area contributed by atoms with Gasteiger partial charge in [-0.1, -0.05) is 37.1 Å². The Hall–Kier alpha value is -2.93. The van der Waals surface area contributed by atoms with Crippen LogP contribution in [0.1, 0.15) is 85.8 Å². The largest absolute Gasteiger partial charge is 0.487 e. The quantitative estimate of drug-likeness (QED) is 0.340. The molecule has 38 heavy (non-hydrogen) atoms. The summed E-state index contributed by atoms with van der Waals surface area (Å²) >= 11 is 0. The van der Waals surface area contributed by atoms with Gasteiger partial charge in [-0.05, 0) is 97.2 Å². The highest BCUT2D eigenvalue weighted by molar-refractivity contribution is 5.77. The van der Waals surface area contributed by atoms with Gasteiger partial charge in [0.2, 0.25) is 0 Å². The molecule has 0 aromatic heterocycles. The molecule has 204 valence electrons. The number of halogens is 5. The maximum Gasteiger partial charge on any atom is 0.416 e. The lowest BCUT2D eigenvalue weighted by Gasteiger charge is -2.38. The van der Waals surface area contributed by atoms with Crippen molar-refractivity contribution >= 4 is 0 Å². The first-order valence-corrected chi connectivity index (χ1v) is 12.9. The predicted molar refractivity (Wildman–Crippen MR) is 139 cm³/mol. The number of ether oxygens (including phenoxy) is 1. The van der Waals surface area contributed by atoms with Gasteiger partial charge in [0, 0.05) is 12.0 Å². The Morgan fingerprint density at radius 3 is 2.13 bits per heavy atom. The van der Waals surface area contributed by atoms with Crippen LogP contribution in [-0.4, -0.2) is 17.9 Å². The van der Waals surface area contributed by atoms with Crippen LogP contribution in [0.25, 0.3) is 11.1 Å². The summed E-state index contributed by atoms with van der Waals surface area (Å²) in [6, 6.07) is 13.5. The molecule has 0 saturated heterocycles. The van der Waals surface area contributed by atoms with E-state index in [1.165, 1.54) is 24.3 Å². The van der Waals surface area contributed by atoms with E-state index in [0.717, 1.165) is 65.6 Å². The van der Waals surface area contributed by atoms with Gasteiger partial charge in [0.15, 0.2) is 0 Å². The molecule has 7 heteroatoms. The van der Waals surface area contributed by atoms with Crippen LogP contribution in [0.3, 0.4) is 0 Å². The number of hydrogen-bond acceptors (Lipinski definition) is 2. The molecular weight excluding hydrogens is 499 g/mol. The molecule has 1 fully saturated rings. The van der Waals surface area contributed by atoms with Gasteiger partial charge in [-0.2, -0.15) is 13.2 Å². The molecule has 0 amide bonds. The van der Waals surface area contributed by atoms with Gasteiger partial charge < -0.3 is 9.84 Å². The minimum absolute atomic E-state index is 0.296. The smallest absolute Gasteiger partial charge is 0.416 e. The Balaban J connectivity index is 0.00000164. The third-order valence-corrected chi connectivity index (χ3v) is 7.47. The molecule has 1 atom stereocenters. The van der Waals surface area contributed by atoms with Crippen molar-refractivity contribution in [3.05, 3.63) is 88.2 Å². The molecule has 1 heterocycles. The predicted octanol–water partition coefficient (Wildman–Crippen LogP) is 8.94. The van der Waals surface area contributed by atoms with Crippen molar-refractivity contribution in [3.8, 4) is 16.9 Å². The van der Waals surface area contributed by atoms with Crippen molar-refractivity contribution in [1.29, 1.82) is 0 Å². The average Bonchev–Trinajstić information content (AvgIpc) is 3.40. The van der Waals surface area contributed by atoms with Gasteiger partial charge in [-0.25, -0.2) is 4.39 Å². The van der Waals surface area contributed by atoms with E-state index in [9.17, 15) is 27.1 Å². The Bertz CT molecular complexity index is 1240. The normalized spacial score (nSPS) is 18.8. The first-order valence-electron chi connectivity index (χ1n) is 12.9. The van der Waals surface area contributed by atoms with E-state index < -0.39 is 23.4 Å². The first kappa shape index (κ1) is 28.1. The maximum absolute atomic E-state index is 13.9. The summed E-state index contributed by atoms with van der Waals surface area (Å²) < 4.78 is 69.2. The zero-order valence-corrected chi connectivity index (χ0v) is 21.8. The van der Waals surface area contributed by atoms with Crippen molar-refractivity contribution in [3.63, 3.8) is 0 Å². The van der Waals surface area contributed by atoms with E-state index in [0.29, 0.717) is 37.3 Å². The van der Waals surface area contributed by atoms with Crippen LogP contribution in [0.4, 0.5) is 22.0 Å². The van der Waals surface area contributed by atoms with E-state index in [1.807, 2.05) is 19.9 Å². The number of alkyl halides is 4. The number of aliphatic hydroxyl groups excluding tert-OH is 1. The molecule has 5 rings (SSSR count). The van der Waals surface area contributed by atoms with Crippen LogP contribution in [0.2, 0.25) is 0 Å². The van der Waals surface area contributed by atoms with E-state index in [2.05, 4.69) is 0 Å². The number of aliphatic hydroxyl groups is 1. The summed E-state index contributed by atoms with van der Waals surface area (Å²) in [4.78, 5) is 0. The molecule has 3 aromatic rings. The van der Waals surface area contributed by atoms with Crippen LogP contribution < -0.4 is 4.74 Å². The number of fused-ring (bicyclic) bond motifs is 1. The highest BCUT2D eigenvalue weighted by Gasteiger charge is 2.37. The zero-order chi connectivity index (χ0) is 27.7.